The Morgan fingerprint density at radius 3 is 2.55 bits per heavy atom. The molecule has 0 spiro atoms. The predicted octanol–water partition coefficient (Wildman–Crippen LogP) is 4.09. The minimum atomic E-state index is -0.561. The van der Waals surface area contributed by atoms with Gasteiger partial charge in [-0.15, -0.1) is 0 Å². The SMILES string of the molecule is COC(=O)c1c(C)[nH]c(C(=O)COC(=O)CCc2ncc(-c3ccc(Cl)cc3)o2)c1C. The van der Waals surface area contributed by atoms with Crippen LogP contribution in [0.25, 0.3) is 11.3 Å². The lowest BCUT2D eigenvalue weighted by atomic mass is 10.1. The molecule has 0 bridgehead atoms. The molecule has 0 aliphatic heterocycles. The van der Waals surface area contributed by atoms with E-state index in [2.05, 4.69) is 9.97 Å². The Morgan fingerprint density at radius 1 is 1.16 bits per heavy atom. The van der Waals surface area contributed by atoms with Crippen molar-refractivity contribution in [2.24, 2.45) is 0 Å². The largest absolute Gasteiger partial charge is 0.465 e. The van der Waals surface area contributed by atoms with Gasteiger partial charge in [0.25, 0.3) is 0 Å². The summed E-state index contributed by atoms with van der Waals surface area (Å²) in [5, 5.41) is 0.618. The first-order valence-corrected chi connectivity index (χ1v) is 9.85. The van der Waals surface area contributed by atoms with E-state index in [-0.39, 0.29) is 18.5 Å². The van der Waals surface area contributed by atoms with Gasteiger partial charge in [0, 0.05) is 22.7 Å². The van der Waals surface area contributed by atoms with Gasteiger partial charge >= 0.3 is 11.9 Å². The van der Waals surface area contributed by atoms with Crippen LogP contribution in [0, 0.1) is 13.8 Å². The first kappa shape index (κ1) is 22.3. The van der Waals surface area contributed by atoms with E-state index in [1.165, 1.54) is 7.11 Å². The molecule has 0 fully saturated rings. The molecule has 1 N–H and O–H groups in total. The Bertz CT molecular complexity index is 1110. The third-order valence-electron chi connectivity index (χ3n) is 4.70. The molecule has 3 rings (SSSR count). The Balaban J connectivity index is 1.52. The molecule has 31 heavy (non-hydrogen) atoms. The summed E-state index contributed by atoms with van der Waals surface area (Å²) in [5.74, 6) is -0.592. The Hall–Kier alpha value is -3.39. The van der Waals surface area contributed by atoms with Gasteiger partial charge in [-0.25, -0.2) is 9.78 Å². The van der Waals surface area contributed by atoms with E-state index in [1.807, 2.05) is 12.1 Å². The van der Waals surface area contributed by atoms with Crippen molar-refractivity contribution in [2.75, 3.05) is 13.7 Å². The van der Waals surface area contributed by atoms with Crippen LogP contribution in [-0.2, 0) is 20.7 Å². The third kappa shape index (κ3) is 5.21. The normalized spacial score (nSPS) is 10.7. The average molecular weight is 445 g/mol. The Kier molecular flexibility index (Phi) is 6.91. The highest BCUT2D eigenvalue weighted by molar-refractivity contribution is 6.30. The van der Waals surface area contributed by atoms with E-state index in [1.54, 1.807) is 32.2 Å². The molecule has 9 heteroatoms. The standard InChI is InChI=1S/C22H21ClN2O6/c1-12-20(22(28)29-3)13(2)25-21(12)16(26)11-30-19(27)9-8-18-24-10-17(31-18)14-4-6-15(23)7-5-14/h4-7,10,25H,8-9,11H2,1-3H3. The number of methoxy groups -OCH3 is 1. The van der Waals surface area contributed by atoms with Gasteiger partial charge in [0.05, 0.1) is 31.0 Å². The number of ether oxygens (including phenoxy) is 2. The number of nitrogens with one attached hydrogen (secondary N) is 1. The predicted molar refractivity (Wildman–Crippen MR) is 112 cm³/mol. The zero-order valence-electron chi connectivity index (χ0n) is 17.3. The number of Topliss-reactive ketones (excluding diaryl/α,β-unsaturated/α-hetero) is 1. The topological polar surface area (TPSA) is 111 Å². The zero-order chi connectivity index (χ0) is 22.5. The fraction of sp³-hybridized carbons (Fsp3) is 0.273. The van der Waals surface area contributed by atoms with Crippen molar-refractivity contribution < 1.29 is 28.3 Å². The van der Waals surface area contributed by atoms with E-state index in [0.717, 1.165) is 5.56 Å². The molecule has 0 atom stereocenters. The number of benzene rings is 1. The number of carbonyl (C=O) groups excluding carboxylic acids is 3. The van der Waals surface area contributed by atoms with Crippen LogP contribution in [0.1, 0.15) is 44.4 Å². The second kappa shape index (κ2) is 9.61. The average Bonchev–Trinajstić information content (AvgIpc) is 3.34. The maximum absolute atomic E-state index is 12.4. The van der Waals surface area contributed by atoms with Crippen molar-refractivity contribution in [3.05, 3.63) is 63.9 Å². The summed E-state index contributed by atoms with van der Waals surface area (Å²) in [5.41, 5.74) is 2.31. The van der Waals surface area contributed by atoms with Gasteiger partial charge in [-0.2, -0.15) is 0 Å². The van der Waals surface area contributed by atoms with Crippen molar-refractivity contribution in [2.45, 2.75) is 26.7 Å². The quantitative estimate of drug-likeness (QED) is 0.411. The van der Waals surface area contributed by atoms with Crippen LogP contribution in [0.4, 0.5) is 0 Å². The second-order valence-electron chi connectivity index (χ2n) is 6.83. The molecule has 2 aromatic heterocycles. The number of ketones is 1. The van der Waals surface area contributed by atoms with E-state index >= 15 is 0 Å². The number of aromatic nitrogens is 2. The van der Waals surface area contributed by atoms with Crippen molar-refractivity contribution in [3.63, 3.8) is 0 Å². The number of hydrogen-bond acceptors (Lipinski definition) is 7. The molecule has 8 nitrogen and oxygen atoms in total. The maximum Gasteiger partial charge on any atom is 0.339 e. The van der Waals surface area contributed by atoms with Crippen LogP contribution >= 0.6 is 11.6 Å². The number of aromatic amines is 1. The number of H-pyrrole nitrogens is 1. The van der Waals surface area contributed by atoms with Gasteiger partial charge in [0.1, 0.15) is 0 Å². The molecule has 0 aliphatic rings. The van der Waals surface area contributed by atoms with Gasteiger partial charge in [0.15, 0.2) is 18.3 Å². The fourth-order valence-electron chi connectivity index (χ4n) is 3.11. The summed E-state index contributed by atoms with van der Waals surface area (Å²) in [6.45, 7) is 2.85. The van der Waals surface area contributed by atoms with Crippen molar-refractivity contribution >= 4 is 29.3 Å². The summed E-state index contributed by atoms with van der Waals surface area (Å²) in [4.78, 5) is 43.3. The highest BCUT2D eigenvalue weighted by atomic mass is 35.5. The Labute approximate surface area is 183 Å². The highest BCUT2D eigenvalue weighted by Gasteiger charge is 2.23. The fourth-order valence-corrected chi connectivity index (χ4v) is 3.24. The zero-order valence-corrected chi connectivity index (χ0v) is 18.0. The van der Waals surface area contributed by atoms with Crippen LogP contribution in [-0.4, -0.2) is 41.4 Å². The van der Waals surface area contributed by atoms with Crippen LogP contribution in [0.3, 0.4) is 0 Å². The van der Waals surface area contributed by atoms with Crippen molar-refractivity contribution in [1.29, 1.82) is 0 Å². The molecular weight excluding hydrogens is 424 g/mol. The van der Waals surface area contributed by atoms with Gasteiger partial charge < -0.3 is 18.9 Å². The van der Waals surface area contributed by atoms with E-state index < -0.39 is 24.3 Å². The summed E-state index contributed by atoms with van der Waals surface area (Å²) < 4.78 is 15.4. The molecule has 2 heterocycles. The lowest BCUT2D eigenvalue weighted by Gasteiger charge is -2.04. The summed E-state index contributed by atoms with van der Waals surface area (Å²) in [7, 11) is 1.27. The minimum absolute atomic E-state index is 0.00397. The molecular formula is C22H21ClN2O6. The Morgan fingerprint density at radius 2 is 1.87 bits per heavy atom. The third-order valence-corrected chi connectivity index (χ3v) is 4.95. The molecule has 0 saturated carbocycles. The number of oxazole rings is 1. The molecule has 3 aromatic rings. The van der Waals surface area contributed by atoms with Gasteiger partial charge in [0.2, 0.25) is 5.78 Å². The van der Waals surface area contributed by atoms with Crippen LogP contribution < -0.4 is 0 Å². The first-order chi connectivity index (χ1) is 14.8. The molecule has 0 amide bonds. The summed E-state index contributed by atoms with van der Waals surface area (Å²) >= 11 is 5.87. The number of aryl methyl sites for hydroxylation is 2. The summed E-state index contributed by atoms with van der Waals surface area (Å²) in [6, 6.07) is 7.11. The van der Waals surface area contributed by atoms with E-state index in [4.69, 9.17) is 25.5 Å². The number of carbonyl (C=O) groups is 3. The number of esters is 2. The van der Waals surface area contributed by atoms with E-state index in [9.17, 15) is 14.4 Å². The highest BCUT2D eigenvalue weighted by Crippen LogP contribution is 2.23. The van der Waals surface area contributed by atoms with Gasteiger partial charge in [-0.05, 0) is 43.7 Å². The number of halogens is 1. The van der Waals surface area contributed by atoms with E-state index in [0.29, 0.717) is 33.5 Å². The molecule has 0 radical (unpaired) electrons. The smallest absolute Gasteiger partial charge is 0.339 e. The second-order valence-corrected chi connectivity index (χ2v) is 7.26. The first-order valence-electron chi connectivity index (χ1n) is 9.47. The monoisotopic (exact) mass is 444 g/mol. The molecule has 0 unspecified atom stereocenters. The number of hydrogen-bond donors (Lipinski definition) is 1. The summed E-state index contributed by atoms with van der Waals surface area (Å²) in [6.07, 6.45) is 1.81. The van der Waals surface area contributed by atoms with Crippen LogP contribution in [0.5, 0.6) is 0 Å². The molecule has 0 aliphatic carbocycles. The van der Waals surface area contributed by atoms with Crippen LogP contribution in [0.2, 0.25) is 5.02 Å². The van der Waals surface area contributed by atoms with Crippen LogP contribution in [0.15, 0.2) is 34.9 Å². The molecule has 162 valence electrons. The van der Waals surface area contributed by atoms with Gasteiger partial charge in [-0.1, -0.05) is 11.6 Å². The van der Waals surface area contributed by atoms with Crippen molar-refractivity contribution in [1.82, 2.24) is 9.97 Å². The van der Waals surface area contributed by atoms with Gasteiger partial charge in [-0.3, -0.25) is 9.59 Å². The minimum Gasteiger partial charge on any atom is -0.465 e. The lowest BCUT2D eigenvalue weighted by molar-refractivity contribution is -0.142. The van der Waals surface area contributed by atoms with Crippen molar-refractivity contribution in [3.8, 4) is 11.3 Å². The molecule has 0 saturated heterocycles. The lowest BCUT2D eigenvalue weighted by Crippen LogP contribution is -2.16. The molecule has 1 aromatic carbocycles. The number of rotatable bonds is 8. The maximum atomic E-state index is 12.4. The number of nitrogens with zero attached hydrogens (tertiary/aromatic N) is 1.